The number of aliphatic carboxylic acids is 2. The molecule has 0 radical (unpaired) electrons. The van der Waals surface area contributed by atoms with E-state index in [0.29, 0.717) is 136 Å². The van der Waals surface area contributed by atoms with Crippen LogP contribution in [0.3, 0.4) is 0 Å². The number of carboxylic acid groups (broad SMARTS) is 2. The minimum absolute atomic E-state index is 0.0439. The third kappa shape index (κ3) is 25.9. The Balaban J connectivity index is 1.01. The zero-order valence-electron chi connectivity index (χ0n) is 59.9. The summed E-state index contributed by atoms with van der Waals surface area (Å²) in [6.45, 7) is 8.11. The lowest BCUT2D eigenvalue weighted by atomic mass is 10.00. The molecule has 29 nitrogen and oxygen atoms in total. The van der Waals surface area contributed by atoms with Crippen molar-refractivity contribution in [2.24, 2.45) is 28.2 Å². The molecule has 2 unspecified atom stereocenters. The summed E-state index contributed by atoms with van der Waals surface area (Å²) >= 11 is 1.22. The van der Waals surface area contributed by atoms with E-state index in [1.807, 2.05) is 0 Å². The van der Waals surface area contributed by atoms with E-state index >= 15 is 17.6 Å². The van der Waals surface area contributed by atoms with Gasteiger partial charge in [0, 0.05) is 97.6 Å². The van der Waals surface area contributed by atoms with Gasteiger partial charge < -0.3 is 78.1 Å². The predicted octanol–water partition coefficient (Wildman–Crippen LogP) is 3.68. The van der Waals surface area contributed by atoms with Crippen molar-refractivity contribution < 1.29 is 99.2 Å². The molecule has 0 saturated carbocycles. The Labute approximate surface area is 611 Å². The van der Waals surface area contributed by atoms with E-state index in [1.165, 1.54) is 105 Å². The third-order valence-electron chi connectivity index (χ3n) is 16.5. The first-order chi connectivity index (χ1) is 50.6. The first-order valence-corrected chi connectivity index (χ1v) is 34.6. The van der Waals surface area contributed by atoms with Gasteiger partial charge in [-0.15, -0.1) is 0 Å². The van der Waals surface area contributed by atoms with Gasteiger partial charge >= 0.3 is 23.3 Å². The Kier molecular flexibility index (Phi) is 34.8. The van der Waals surface area contributed by atoms with E-state index in [0.717, 1.165) is 14.0 Å². The first kappa shape index (κ1) is 85.4. The summed E-state index contributed by atoms with van der Waals surface area (Å²) in [5.74, 6) is -12.9. The van der Waals surface area contributed by atoms with Crippen LogP contribution in [-0.2, 0) is 116 Å². The second kappa shape index (κ2) is 43.2. The maximum atomic E-state index is 16.1. The Morgan fingerprint density at radius 2 is 0.783 bits per heavy atom. The number of rotatable bonds is 46. The number of nitrogens with one attached hydrogen (secondary N) is 3. The van der Waals surface area contributed by atoms with Crippen molar-refractivity contribution in [2.45, 2.75) is 71.6 Å². The number of carbonyl (C=O) groups excluding carboxylic acids is 5. The molecule has 0 aliphatic carbocycles. The van der Waals surface area contributed by atoms with Gasteiger partial charge in [-0.25, -0.2) is 36.7 Å². The summed E-state index contributed by atoms with van der Waals surface area (Å²) in [6.07, 6.45) is -1.44. The summed E-state index contributed by atoms with van der Waals surface area (Å²) in [4.78, 5) is 142. The van der Waals surface area contributed by atoms with Crippen LogP contribution in [0.1, 0.15) is 74.1 Å². The third-order valence-corrected chi connectivity index (χ3v) is 17.3. The van der Waals surface area contributed by atoms with Crippen LogP contribution in [0.15, 0.2) is 92.0 Å². The smallest absolute Gasteiger partial charge is 0.330 e. The van der Waals surface area contributed by atoms with E-state index in [4.69, 9.17) is 37.9 Å². The molecular formula is C72H88F4N8O21S. The van der Waals surface area contributed by atoms with Crippen molar-refractivity contribution in [1.29, 1.82) is 0 Å². The van der Waals surface area contributed by atoms with Gasteiger partial charge in [-0.1, -0.05) is 60.3 Å². The fourth-order valence-electron chi connectivity index (χ4n) is 10.6. The standard InChI is InChI=1S/C72H88F4N8O21S/c1-44-61(67(90)82(6)71(96)80(44)4)51-12-8-47(9-13-51)40-57(69(92)93)78-65(88)63-53(73)36-49(37-54(63)74)42-84(43-50-38-55(75)64(56(76)39-50)66(89)79-58(70(94)95)41-48-10-14-52(15-11-48)62-45(2)81(5)72(97)83(7)68(62)91)60(87)16-18-77-59(86)17-19-98-20-21-99-22-23-100-24-25-101-26-27-102-28-29-103-30-31-104-32-33-105-34-35-106-46(3)85/h8-15,36-39,57-58H,16-35,40-43H2,1-7H3,(H,77,86)(H,78,88)(H,79,89)(H,92,93)(H,94,95). The molecule has 0 saturated heterocycles. The van der Waals surface area contributed by atoms with Crippen molar-refractivity contribution in [2.75, 3.05) is 118 Å². The Hall–Kier alpha value is -9.52. The first-order valence-electron chi connectivity index (χ1n) is 33.6. The Bertz CT molecular complexity index is 4020. The molecule has 2 aromatic heterocycles. The molecule has 0 aliphatic heterocycles. The lowest BCUT2D eigenvalue weighted by molar-refractivity contribution is -0.140. The van der Waals surface area contributed by atoms with Crippen LogP contribution in [0.4, 0.5) is 17.6 Å². The van der Waals surface area contributed by atoms with Crippen LogP contribution < -0.4 is 38.4 Å². The summed E-state index contributed by atoms with van der Waals surface area (Å²) in [7, 11) is 5.60. The van der Waals surface area contributed by atoms with Gasteiger partial charge in [-0.05, 0) is 71.5 Å². The molecule has 576 valence electrons. The molecular weight excluding hydrogens is 1420 g/mol. The minimum Gasteiger partial charge on any atom is -0.480 e. The summed E-state index contributed by atoms with van der Waals surface area (Å²) in [5, 5.41) is 27.1. The zero-order valence-corrected chi connectivity index (χ0v) is 60.7. The van der Waals surface area contributed by atoms with E-state index in [-0.39, 0.29) is 73.4 Å². The fourth-order valence-corrected chi connectivity index (χ4v) is 11.1. The number of aromatic nitrogens is 4. The predicted molar refractivity (Wildman–Crippen MR) is 378 cm³/mol. The summed E-state index contributed by atoms with van der Waals surface area (Å²) in [6, 6.07) is 11.1. The normalized spacial score (nSPS) is 11.9. The molecule has 34 heteroatoms. The largest absolute Gasteiger partial charge is 0.480 e. The van der Waals surface area contributed by atoms with Gasteiger partial charge in [0.25, 0.3) is 22.9 Å². The molecule has 6 aromatic rings. The van der Waals surface area contributed by atoms with Crippen LogP contribution in [0.5, 0.6) is 0 Å². The second-order valence-corrected chi connectivity index (χ2v) is 25.3. The quantitative estimate of drug-likeness (QED) is 0.0269. The maximum absolute atomic E-state index is 16.1. The maximum Gasteiger partial charge on any atom is 0.330 e. The van der Waals surface area contributed by atoms with Crippen molar-refractivity contribution in [3.63, 3.8) is 0 Å². The van der Waals surface area contributed by atoms with Crippen LogP contribution >= 0.6 is 11.8 Å². The average Bonchev–Trinajstić information content (AvgIpc) is 0.786. The molecule has 4 amide bonds. The molecule has 0 fully saturated rings. The Morgan fingerprint density at radius 1 is 0.462 bits per heavy atom. The van der Waals surface area contributed by atoms with Crippen LogP contribution in [0, 0.1) is 37.1 Å². The molecule has 0 spiro atoms. The molecule has 0 bridgehead atoms. The SMILES string of the molecule is CC(=O)SCCOCCOCCOCCOCCOCCOCCOCCOCCC(=O)NCCC(=O)N(Cc1cc(F)c(C(=O)NC(Cc2ccc(-c3c(C)n(C)c(=O)n(C)c3=O)cc2)C(=O)O)c(F)c1)Cc1cc(F)c(C(=O)NC(Cc2ccc(-c3c(C)n(C)c(=O)n(C)c3=O)cc2)C(=O)O)c(F)c1. The van der Waals surface area contributed by atoms with E-state index in [1.54, 1.807) is 13.8 Å². The molecule has 2 atom stereocenters. The number of hydrogen-bond acceptors (Lipinski definition) is 20. The highest BCUT2D eigenvalue weighted by Gasteiger charge is 2.30. The monoisotopic (exact) mass is 1510 g/mol. The van der Waals surface area contributed by atoms with E-state index in [2.05, 4.69) is 16.0 Å². The van der Waals surface area contributed by atoms with E-state index in [9.17, 15) is 63.0 Å². The van der Waals surface area contributed by atoms with Crippen molar-refractivity contribution in [1.82, 2.24) is 39.1 Å². The minimum atomic E-state index is -1.76. The highest BCUT2D eigenvalue weighted by Crippen LogP contribution is 2.25. The number of benzene rings is 4. The lowest BCUT2D eigenvalue weighted by Crippen LogP contribution is -2.43. The molecule has 106 heavy (non-hydrogen) atoms. The van der Waals surface area contributed by atoms with Crippen LogP contribution in [0.2, 0.25) is 0 Å². The van der Waals surface area contributed by atoms with Gasteiger partial charge in [0.15, 0.2) is 5.12 Å². The second-order valence-electron chi connectivity index (χ2n) is 24.1. The average molecular weight is 1510 g/mol. The number of hydrogen-bond donors (Lipinski definition) is 5. The van der Waals surface area contributed by atoms with E-state index < -0.39 is 137 Å². The van der Waals surface area contributed by atoms with Crippen LogP contribution in [0.25, 0.3) is 22.3 Å². The lowest BCUT2D eigenvalue weighted by Gasteiger charge is -2.24. The zero-order chi connectivity index (χ0) is 77.6. The number of carbonyl (C=O) groups is 7. The number of thioether (sulfide) groups is 1. The molecule has 6 rings (SSSR count). The molecule has 0 aliphatic rings. The van der Waals surface area contributed by atoms with Gasteiger partial charge in [-0.3, -0.25) is 42.7 Å². The number of nitrogens with zero attached hydrogens (tertiary/aromatic N) is 5. The number of amides is 4. The van der Waals surface area contributed by atoms with Crippen LogP contribution in [-0.4, -0.2) is 204 Å². The number of carboxylic acids is 2. The van der Waals surface area contributed by atoms with Gasteiger partial charge in [0.1, 0.15) is 46.5 Å². The number of halogens is 4. The molecule has 5 N–H and O–H groups in total. The summed E-state index contributed by atoms with van der Waals surface area (Å²) < 4.78 is 112. The fraction of sp³-hybridized carbons (Fsp3) is 0.458. The molecule has 2 heterocycles. The van der Waals surface area contributed by atoms with Gasteiger partial charge in [-0.2, -0.15) is 0 Å². The Morgan fingerprint density at radius 3 is 1.10 bits per heavy atom. The topological polar surface area (TPSA) is 361 Å². The van der Waals surface area contributed by atoms with Crippen molar-refractivity contribution >= 4 is 52.4 Å². The van der Waals surface area contributed by atoms with Gasteiger partial charge in [0.2, 0.25) is 11.8 Å². The summed E-state index contributed by atoms with van der Waals surface area (Å²) in [5.41, 5.74) is -2.71. The molecule has 4 aromatic carbocycles. The van der Waals surface area contributed by atoms with Crippen molar-refractivity contribution in [3.8, 4) is 22.3 Å². The number of ether oxygens (including phenoxy) is 8. The highest BCUT2D eigenvalue weighted by atomic mass is 32.2. The van der Waals surface area contributed by atoms with Gasteiger partial charge in [0.05, 0.1) is 117 Å². The highest BCUT2D eigenvalue weighted by molar-refractivity contribution is 8.13. The van der Waals surface area contributed by atoms with Crippen molar-refractivity contribution in [3.05, 3.63) is 183 Å².